The largest absolute Gasteiger partial charge is 0.463 e. The summed E-state index contributed by atoms with van der Waals surface area (Å²) in [6.07, 6.45) is 0.370. The molecule has 0 saturated carbocycles. The molecule has 204 valence electrons. The highest BCUT2D eigenvalue weighted by Crippen LogP contribution is 2.48. The van der Waals surface area contributed by atoms with Crippen molar-refractivity contribution in [2.24, 2.45) is 0 Å². The van der Waals surface area contributed by atoms with Gasteiger partial charge in [0, 0.05) is 33.5 Å². The molecule has 0 saturated heterocycles. The highest BCUT2D eigenvalue weighted by atomic mass is 35.5. The van der Waals surface area contributed by atoms with Crippen molar-refractivity contribution in [2.75, 3.05) is 16.8 Å². The van der Waals surface area contributed by atoms with E-state index in [9.17, 15) is 13.6 Å². The van der Waals surface area contributed by atoms with Crippen molar-refractivity contribution in [2.45, 2.75) is 25.4 Å². The summed E-state index contributed by atoms with van der Waals surface area (Å²) in [6, 6.07) is 26.0. The van der Waals surface area contributed by atoms with Crippen LogP contribution in [0.25, 0.3) is 0 Å². The number of nitrogens with one attached hydrogen (secondary N) is 1. The fourth-order valence-electron chi connectivity index (χ4n) is 5.03. The fourth-order valence-corrected chi connectivity index (χ4v) is 5.29. The zero-order valence-corrected chi connectivity index (χ0v) is 23.1. The Kier molecular flexibility index (Phi) is 8.38. The molecule has 4 nitrogen and oxygen atoms in total. The second-order valence-electron chi connectivity index (χ2n) is 9.35. The number of rotatable bonds is 7. The molecule has 4 aromatic rings. The molecule has 0 amide bonds. The minimum absolute atomic E-state index is 0.177. The van der Waals surface area contributed by atoms with Gasteiger partial charge in [-0.25, -0.2) is 13.6 Å². The Morgan fingerprint density at radius 1 is 0.825 bits per heavy atom. The lowest BCUT2D eigenvalue weighted by atomic mass is 9.84. The number of ether oxygens (including phenoxy) is 1. The lowest BCUT2D eigenvalue weighted by Gasteiger charge is -2.46. The van der Waals surface area contributed by atoms with E-state index in [-0.39, 0.29) is 24.3 Å². The number of nitrogens with zero attached hydrogens (tertiary/aromatic N) is 1. The Labute approximate surface area is 241 Å². The molecule has 0 bridgehead atoms. The number of hydrogen-bond acceptors (Lipinski definition) is 4. The maximum atomic E-state index is 14.1. The zero-order valence-electron chi connectivity index (χ0n) is 21.6. The molecule has 8 heteroatoms. The Morgan fingerprint density at radius 3 is 1.90 bits per heavy atom. The van der Waals surface area contributed by atoms with E-state index in [2.05, 4.69) is 10.2 Å². The summed E-state index contributed by atoms with van der Waals surface area (Å²) in [5.41, 5.74) is 4.08. The van der Waals surface area contributed by atoms with Crippen LogP contribution in [0, 0.1) is 11.6 Å². The number of esters is 1. The average molecular weight is 579 g/mol. The van der Waals surface area contributed by atoms with Crippen molar-refractivity contribution in [3.8, 4) is 0 Å². The minimum atomic E-state index is -0.640. The van der Waals surface area contributed by atoms with Crippen LogP contribution >= 0.6 is 23.2 Å². The summed E-state index contributed by atoms with van der Waals surface area (Å²) < 4.78 is 33.3. The molecule has 1 aliphatic heterocycles. The molecule has 0 aromatic heterocycles. The Hall–Kier alpha value is -3.87. The molecule has 1 heterocycles. The molecule has 0 fully saturated rings. The van der Waals surface area contributed by atoms with Crippen molar-refractivity contribution < 1.29 is 18.3 Å². The first-order chi connectivity index (χ1) is 19.3. The van der Waals surface area contributed by atoms with E-state index >= 15 is 0 Å². The van der Waals surface area contributed by atoms with Crippen molar-refractivity contribution in [3.05, 3.63) is 141 Å². The SMILES string of the molecule is CCOC(=O)C1=C(Nc2ccc(F)cc2)CC(c2ccc(Cl)cc2)N(c2ccc(F)cc2)C1c1ccc(Cl)cc1. The number of benzene rings is 4. The van der Waals surface area contributed by atoms with E-state index in [1.807, 2.05) is 36.4 Å². The highest BCUT2D eigenvalue weighted by Gasteiger charge is 2.41. The third-order valence-electron chi connectivity index (χ3n) is 6.81. The van der Waals surface area contributed by atoms with Gasteiger partial charge in [-0.2, -0.15) is 0 Å². The van der Waals surface area contributed by atoms with Gasteiger partial charge in [0.25, 0.3) is 0 Å². The van der Waals surface area contributed by atoms with Gasteiger partial charge in [-0.3, -0.25) is 0 Å². The first kappa shape index (κ1) is 27.7. The van der Waals surface area contributed by atoms with Gasteiger partial charge in [0.2, 0.25) is 0 Å². The van der Waals surface area contributed by atoms with E-state index in [0.29, 0.717) is 39.1 Å². The van der Waals surface area contributed by atoms with Gasteiger partial charge in [-0.1, -0.05) is 47.5 Å². The summed E-state index contributed by atoms with van der Waals surface area (Å²) in [4.78, 5) is 15.8. The van der Waals surface area contributed by atoms with Gasteiger partial charge in [0.1, 0.15) is 11.6 Å². The van der Waals surface area contributed by atoms with Crippen molar-refractivity contribution >= 4 is 40.5 Å². The summed E-state index contributed by atoms with van der Waals surface area (Å²) in [7, 11) is 0. The molecule has 0 spiro atoms. The van der Waals surface area contributed by atoms with Crippen molar-refractivity contribution in [1.29, 1.82) is 0 Å². The lowest BCUT2D eigenvalue weighted by molar-refractivity contribution is -0.139. The van der Waals surface area contributed by atoms with Crippen LogP contribution in [0.4, 0.5) is 20.2 Å². The first-order valence-corrected chi connectivity index (χ1v) is 13.6. The van der Waals surface area contributed by atoms with Gasteiger partial charge in [0.05, 0.1) is 24.3 Å². The Morgan fingerprint density at radius 2 is 1.35 bits per heavy atom. The van der Waals surface area contributed by atoms with Gasteiger partial charge in [0.15, 0.2) is 0 Å². The summed E-state index contributed by atoms with van der Waals surface area (Å²) in [5, 5.41) is 4.52. The number of anilines is 2. The molecular formula is C32H26Cl2F2N2O2. The van der Waals surface area contributed by atoms with E-state index < -0.39 is 12.0 Å². The molecule has 2 unspecified atom stereocenters. The number of hydrogen-bond donors (Lipinski definition) is 1. The molecule has 5 rings (SSSR count). The number of carbonyl (C=O) groups excluding carboxylic acids is 1. The lowest BCUT2D eigenvalue weighted by Crippen LogP contribution is -2.41. The number of halogens is 4. The second-order valence-corrected chi connectivity index (χ2v) is 10.2. The topological polar surface area (TPSA) is 41.6 Å². The van der Waals surface area contributed by atoms with Crippen LogP contribution in [0.1, 0.15) is 36.6 Å². The fraction of sp³-hybridized carbons (Fsp3) is 0.156. The van der Waals surface area contributed by atoms with Crippen LogP contribution in [0.3, 0.4) is 0 Å². The van der Waals surface area contributed by atoms with E-state index in [0.717, 1.165) is 11.1 Å². The molecule has 1 aliphatic rings. The standard InChI is InChI=1S/C32H26Cl2F2N2O2/c1-2-40-32(39)30-28(37-26-15-11-24(35)12-16-26)19-29(20-3-7-22(33)8-4-20)38(27-17-13-25(36)14-18-27)31(30)21-5-9-23(34)10-6-21/h3-18,29,31,37H,2,19H2,1H3. The van der Waals surface area contributed by atoms with Gasteiger partial charge in [-0.15, -0.1) is 0 Å². The maximum absolute atomic E-state index is 14.1. The van der Waals surface area contributed by atoms with Crippen LogP contribution in [0.15, 0.2) is 108 Å². The third kappa shape index (κ3) is 5.98. The Balaban J connectivity index is 1.77. The Bertz CT molecular complexity index is 1510. The predicted octanol–water partition coefficient (Wildman–Crippen LogP) is 8.89. The minimum Gasteiger partial charge on any atom is -0.463 e. The molecule has 2 atom stereocenters. The summed E-state index contributed by atoms with van der Waals surface area (Å²) in [5.74, 6) is -1.23. The van der Waals surface area contributed by atoms with Gasteiger partial charge in [-0.05, 0) is 90.8 Å². The van der Waals surface area contributed by atoms with Crippen LogP contribution in [-0.4, -0.2) is 12.6 Å². The second kappa shape index (κ2) is 12.1. The molecular weight excluding hydrogens is 553 g/mol. The maximum Gasteiger partial charge on any atom is 0.338 e. The van der Waals surface area contributed by atoms with E-state index in [1.165, 1.54) is 24.3 Å². The first-order valence-electron chi connectivity index (χ1n) is 12.8. The van der Waals surface area contributed by atoms with Crippen molar-refractivity contribution in [3.63, 3.8) is 0 Å². The van der Waals surface area contributed by atoms with Crippen LogP contribution in [0.2, 0.25) is 10.0 Å². The smallest absolute Gasteiger partial charge is 0.338 e. The van der Waals surface area contributed by atoms with Gasteiger partial charge >= 0.3 is 5.97 Å². The normalized spacial score (nSPS) is 17.1. The van der Waals surface area contributed by atoms with Crippen molar-refractivity contribution in [1.82, 2.24) is 0 Å². The average Bonchev–Trinajstić information content (AvgIpc) is 2.95. The third-order valence-corrected chi connectivity index (χ3v) is 7.31. The van der Waals surface area contributed by atoms with E-state index in [4.69, 9.17) is 27.9 Å². The van der Waals surface area contributed by atoms with Gasteiger partial charge < -0.3 is 15.0 Å². The van der Waals surface area contributed by atoms with Crippen LogP contribution in [0.5, 0.6) is 0 Å². The monoisotopic (exact) mass is 578 g/mol. The molecule has 0 aliphatic carbocycles. The molecule has 0 radical (unpaired) electrons. The zero-order chi connectivity index (χ0) is 28.2. The summed E-state index contributed by atoms with van der Waals surface area (Å²) >= 11 is 12.5. The summed E-state index contributed by atoms with van der Waals surface area (Å²) in [6.45, 7) is 1.93. The molecule has 4 aromatic carbocycles. The molecule has 1 N–H and O–H groups in total. The number of carbonyl (C=O) groups is 1. The highest BCUT2D eigenvalue weighted by molar-refractivity contribution is 6.30. The van der Waals surface area contributed by atoms with Crippen LogP contribution in [-0.2, 0) is 9.53 Å². The van der Waals surface area contributed by atoms with Crippen LogP contribution < -0.4 is 10.2 Å². The van der Waals surface area contributed by atoms with E-state index in [1.54, 1.807) is 43.3 Å². The predicted molar refractivity (Wildman–Crippen MR) is 156 cm³/mol. The molecule has 40 heavy (non-hydrogen) atoms. The quantitative estimate of drug-likeness (QED) is 0.222.